The van der Waals surface area contributed by atoms with Crippen molar-refractivity contribution in [1.29, 1.82) is 0 Å². The van der Waals surface area contributed by atoms with Crippen LogP contribution in [-0.2, 0) is 5.75 Å². The van der Waals surface area contributed by atoms with Crippen molar-refractivity contribution < 1.29 is 0 Å². The Morgan fingerprint density at radius 2 is 2.00 bits per heavy atom. The van der Waals surface area contributed by atoms with Crippen molar-refractivity contribution in [3.05, 3.63) is 51.9 Å². The first-order valence-corrected chi connectivity index (χ1v) is 6.63. The lowest BCUT2D eigenvalue weighted by Gasteiger charge is -2.11. The summed E-state index contributed by atoms with van der Waals surface area (Å²) < 4.78 is 0. The molecule has 90 valence electrons. The smallest absolute Gasteiger partial charge is 0.264 e. The molecule has 4 heteroatoms. The summed E-state index contributed by atoms with van der Waals surface area (Å²) in [4.78, 5) is 12.3. The van der Waals surface area contributed by atoms with E-state index in [1.807, 2.05) is 6.07 Å². The van der Waals surface area contributed by atoms with Gasteiger partial charge in [0, 0.05) is 22.4 Å². The minimum absolute atomic E-state index is 0.0715. The Hall–Kier alpha value is -1.42. The predicted octanol–water partition coefficient (Wildman–Crippen LogP) is 3.12. The van der Waals surface area contributed by atoms with Crippen LogP contribution in [0.2, 0.25) is 0 Å². The van der Waals surface area contributed by atoms with E-state index >= 15 is 0 Å². The van der Waals surface area contributed by atoms with Crippen LogP contribution >= 0.6 is 11.8 Å². The van der Waals surface area contributed by atoms with Crippen LogP contribution in [0.5, 0.6) is 0 Å². The molecule has 1 aromatic heterocycles. The van der Waals surface area contributed by atoms with Crippen LogP contribution in [0, 0.1) is 0 Å². The molecule has 2 rings (SSSR count). The van der Waals surface area contributed by atoms with E-state index in [1.165, 1.54) is 10.5 Å². The molecule has 2 aromatic rings. The Bertz CT molecular complexity index is 542. The fourth-order valence-electron chi connectivity index (χ4n) is 1.69. The van der Waals surface area contributed by atoms with Crippen molar-refractivity contribution in [2.45, 2.75) is 30.4 Å². The molecule has 0 spiro atoms. The number of hydrogen-bond acceptors (Lipinski definition) is 2. The van der Waals surface area contributed by atoms with Crippen LogP contribution in [0.1, 0.15) is 31.0 Å². The third-order valence-electron chi connectivity index (χ3n) is 2.58. The topological polar surface area (TPSA) is 48.6 Å². The minimum atomic E-state index is -0.0715. The van der Waals surface area contributed by atoms with E-state index < -0.39 is 0 Å². The third kappa shape index (κ3) is 3.03. The van der Waals surface area contributed by atoms with E-state index in [9.17, 15) is 4.79 Å². The molecule has 0 unspecified atom stereocenters. The van der Waals surface area contributed by atoms with Crippen LogP contribution in [-0.4, -0.2) is 10.2 Å². The van der Waals surface area contributed by atoms with E-state index in [1.54, 1.807) is 17.8 Å². The zero-order valence-electron chi connectivity index (χ0n) is 9.99. The molecule has 1 aromatic carbocycles. The van der Waals surface area contributed by atoms with Crippen molar-refractivity contribution >= 4 is 11.8 Å². The Morgan fingerprint density at radius 3 is 2.65 bits per heavy atom. The summed E-state index contributed by atoms with van der Waals surface area (Å²) >= 11 is 1.75. The molecule has 0 bridgehead atoms. The molecule has 0 radical (unpaired) electrons. The molecular formula is C13H16N2OS. The average Bonchev–Trinajstić information content (AvgIpc) is 2.73. The molecule has 3 nitrogen and oxygen atoms in total. The third-order valence-corrected chi connectivity index (χ3v) is 3.71. The highest BCUT2D eigenvalue weighted by Crippen LogP contribution is 2.29. The molecule has 0 saturated carbocycles. The number of thioether (sulfide) groups is 1. The standard InChI is InChI=1S/C13H16N2OS/c1-9(2)11-5-3-4-6-12(11)17-8-10-7-13(16)15-14-10/h3-7,9H,8H2,1-2H3,(H2,14,15,16). The highest BCUT2D eigenvalue weighted by Gasteiger charge is 2.06. The number of aromatic amines is 2. The fraction of sp³-hybridized carbons (Fsp3) is 0.308. The second-order valence-electron chi connectivity index (χ2n) is 4.27. The van der Waals surface area contributed by atoms with Gasteiger partial charge in [0.1, 0.15) is 0 Å². The van der Waals surface area contributed by atoms with Crippen molar-refractivity contribution in [1.82, 2.24) is 10.2 Å². The fourth-order valence-corrected chi connectivity index (χ4v) is 2.81. The van der Waals surface area contributed by atoms with Gasteiger partial charge in [-0.15, -0.1) is 11.8 Å². The van der Waals surface area contributed by atoms with Gasteiger partial charge in [0.2, 0.25) is 0 Å². The van der Waals surface area contributed by atoms with Gasteiger partial charge in [-0.25, -0.2) is 0 Å². The van der Waals surface area contributed by atoms with Crippen LogP contribution in [0.3, 0.4) is 0 Å². The Balaban J connectivity index is 2.11. The summed E-state index contributed by atoms with van der Waals surface area (Å²) in [6.45, 7) is 4.38. The van der Waals surface area contributed by atoms with E-state index in [0.717, 1.165) is 11.4 Å². The van der Waals surface area contributed by atoms with Gasteiger partial charge < -0.3 is 5.10 Å². The van der Waals surface area contributed by atoms with E-state index in [2.05, 4.69) is 42.2 Å². The number of H-pyrrole nitrogens is 2. The quantitative estimate of drug-likeness (QED) is 0.817. The lowest BCUT2D eigenvalue weighted by Crippen LogP contribution is -1.93. The summed E-state index contributed by atoms with van der Waals surface area (Å²) in [6.07, 6.45) is 0. The number of benzene rings is 1. The molecule has 0 aliphatic carbocycles. The van der Waals surface area contributed by atoms with Gasteiger partial charge in [0.25, 0.3) is 5.56 Å². The highest BCUT2D eigenvalue weighted by molar-refractivity contribution is 7.98. The molecule has 17 heavy (non-hydrogen) atoms. The van der Waals surface area contributed by atoms with Crippen LogP contribution in [0.25, 0.3) is 0 Å². The molecule has 0 saturated heterocycles. The van der Waals surface area contributed by atoms with Crippen molar-refractivity contribution in [2.24, 2.45) is 0 Å². The second kappa shape index (κ2) is 5.27. The average molecular weight is 248 g/mol. The number of rotatable bonds is 4. The molecule has 0 aliphatic rings. The monoisotopic (exact) mass is 248 g/mol. The van der Waals surface area contributed by atoms with Crippen molar-refractivity contribution in [3.63, 3.8) is 0 Å². The summed E-state index contributed by atoms with van der Waals surface area (Å²) in [5.74, 6) is 1.30. The van der Waals surface area contributed by atoms with Gasteiger partial charge in [-0.3, -0.25) is 9.89 Å². The zero-order valence-corrected chi connectivity index (χ0v) is 10.8. The lowest BCUT2D eigenvalue weighted by molar-refractivity contribution is 0.842. The first kappa shape index (κ1) is 12.0. The summed E-state index contributed by atoms with van der Waals surface area (Å²) in [5, 5.41) is 5.41. The molecule has 0 fully saturated rings. The molecular weight excluding hydrogens is 232 g/mol. The van der Waals surface area contributed by atoms with Gasteiger partial charge in [0.05, 0.1) is 0 Å². The Kier molecular flexibility index (Phi) is 3.74. The summed E-state index contributed by atoms with van der Waals surface area (Å²) in [6, 6.07) is 10.0. The predicted molar refractivity (Wildman–Crippen MR) is 71.5 cm³/mol. The molecule has 0 atom stereocenters. The van der Waals surface area contributed by atoms with Crippen LogP contribution in [0.15, 0.2) is 40.0 Å². The molecule has 2 N–H and O–H groups in total. The van der Waals surface area contributed by atoms with Gasteiger partial charge in [-0.05, 0) is 17.5 Å². The van der Waals surface area contributed by atoms with E-state index in [4.69, 9.17) is 0 Å². The summed E-state index contributed by atoms with van der Waals surface area (Å²) in [5.41, 5.74) is 2.21. The molecule has 0 amide bonds. The number of aromatic nitrogens is 2. The van der Waals surface area contributed by atoms with Crippen molar-refractivity contribution in [3.8, 4) is 0 Å². The molecule has 0 aliphatic heterocycles. The van der Waals surface area contributed by atoms with Crippen LogP contribution in [0.4, 0.5) is 0 Å². The minimum Gasteiger partial charge on any atom is -0.301 e. The largest absolute Gasteiger partial charge is 0.301 e. The maximum absolute atomic E-state index is 11.0. The first-order valence-electron chi connectivity index (χ1n) is 5.65. The normalized spacial score (nSPS) is 11.0. The van der Waals surface area contributed by atoms with Crippen LogP contribution < -0.4 is 5.56 Å². The summed E-state index contributed by atoms with van der Waals surface area (Å²) in [7, 11) is 0. The maximum Gasteiger partial charge on any atom is 0.264 e. The Labute approximate surface area is 105 Å². The SMILES string of the molecule is CC(C)c1ccccc1SCc1cc(=O)[nH][nH]1. The lowest BCUT2D eigenvalue weighted by atomic mass is 10.0. The van der Waals surface area contributed by atoms with Gasteiger partial charge in [-0.2, -0.15) is 0 Å². The Morgan fingerprint density at radius 1 is 1.24 bits per heavy atom. The van der Waals surface area contributed by atoms with Gasteiger partial charge >= 0.3 is 0 Å². The van der Waals surface area contributed by atoms with Gasteiger partial charge in [0.15, 0.2) is 0 Å². The van der Waals surface area contributed by atoms with Crippen molar-refractivity contribution in [2.75, 3.05) is 0 Å². The zero-order chi connectivity index (χ0) is 12.3. The van der Waals surface area contributed by atoms with Gasteiger partial charge in [-0.1, -0.05) is 32.0 Å². The maximum atomic E-state index is 11.0. The number of nitrogens with one attached hydrogen (secondary N) is 2. The highest BCUT2D eigenvalue weighted by atomic mass is 32.2. The van der Waals surface area contributed by atoms with E-state index in [-0.39, 0.29) is 5.56 Å². The van der Waals surface area contributed by atoms with E-state index in [0.29, 0.717) is 5.92 Å². The second-order valence-corrected chi connectivity index (χ2v) is 5.28. The number of hydrogen-bond donors (Lipinski definition) is 2. The molecule has 1 heterocycles. The first-order chi connectivity index (χ1) is 8.16.